The van der Waals surface area contributed by atoms with Crippen LogP contribution in [0.3, 0.4) is 0 Å². The number of ether oxygens (including phenoxy) is 1. The Labute approximate surface area is 118 Å². The molecule has 1 aromatic rings. The molecule has 0 spiro atoms. The summed E-state index contributed by atoms with van der Waals surface area (Å²) in [6.45, 7) is 1.42. The van der Waals surface area contributed by atoms with Crippen molar-refractivity contribution in [2.24, 2.45) is 5.16 Å². The normalized spacial score (nSPS) is 30.4. The van der Waals surface area contributed by atoms with E-state index in [-0.39, 0.29) is 11.9 Å². The van der Waals surface area contributed by atoms with Crippen molar-refractivity contribution < 1.29 is 14.7 Å². The van der Waals surface area contributed by atoms with Gasteiger partial charge in [-0.1, -0.05) is 42.3 Å². The minimum atomic E-state index is -0.836. The summed E-state index contributed by atoms with van der Waals surface area (Å²) in [6.07, 6.45) is 4.84. The van der Waals surface area contributed by atoms with Crippen molar-refractivity contribution in [2.75, 3.05) is 0 Å². The van der Waals surface area contributed by atoms with Crippen molar-refractivity contribution in [2.45, 2.75) is 50.5 Å². The molecule has 2 atom stereocenters. The van der Waals surface area contributed by atoms with Gasteiger partial charge in [-0.15, -0.1) is 0 Å². The van der Waals surface area contributed by atoms with Crippen LogP contribution >= 0.6 is 0 Å². The second kappa shape index (κ2) is 4.93. The van der Waals surface area contributed by atoms with Gasteiger partial charge in [-0.25, -0.2) is 0 Å². The zero-order valence-electron chi connectivity index (χ0n) is 11.6. The number of rotatable bonds is 1. The summed E-state index contributed by atoms with van der Waals surface area (Å²) in [5.41, 5.74) is 1.96. The lowest BCUT2D eigenvalue weighted by molar-refractivity contribution is -0.156. The number of benzene rings is 1. The molecule has 0 aromatic heterocycles. The molecule has 1 fully saturated rings. The lowest BCUT2D eigenvalue weighted by Crippen LogP contribution is -2.53. The Bertz CT molecular complexity index is 567. The molecule has 0 amide bonds. The maximum absolute atomic E-state index is 11.6. The Balaban J connectivity index is 2.14. The molecule has 2 aliphatic rings. The summed E-state index contributed by atoms with van der Waals surface area (Å²) in [7, 11) is 0. The fraction of sp³-hybridized carbons (Fsp3) is 0.500. The van der Waals surface area contributed by atoms with Crippen LogP contribution < -0.4 is 0 Å². The van der Waals surface area contributed by atoms with Gasteiger partial charge in [-0.3, -0.25) is 4.79 Å². The number of oxime groups is 1. The lowest BCUT2D eigenvalue weighted by atomic mass is 9.58. The first-order chi connectivity index (χ1) is 9.70. The molecule has 0 bridgehead atoms. The summed E-state index contributed by atoms with van der Waals surface area (Å²) in [4.78, 5) is 11.6. The van der Waals surface area contributed by atoms with E-state index in [4.69, 9.17) is 4.74 Å². The van der Waals surface area contributed by atoms with E-state index in [1.165, 1.54) is 12.5 Å². The number of hydrogen-bond donors (Lipinski definition) is 1. The SMILES string of the molecule is CC(=O)O[C@]12/C(=N\O)CCCCC[C@H]1c1ccccc12. The average Bonchev–Trinajstić information content (AvgIpc) is 2.42. The molecule has 0 saturated heterocycles. The summed E-state index contributed by atoms with van der Waals surface area (Å²) < 4.78 is 5.71. The Kier molecular flexibility index (Phi) is 3.24. The predicted molar refractivity (Wildman–Crippen MR) is 74.9 cm³/mol. The van der Waals surface area contributed by atoms with Gasteiger partial charge in [0, 0.05) is 18.4 Å². The molecule has 1 saturated carbocycles. The van der Waals surface area contributed by atoms with Crippen LogP contribution in [0.4, 0.5) is 0 Å². The largest absolute Gasteiger partial charge is 0.447 e. The van der Waals surface area contributed by atoms with Crippen LogP contribution in [-0.4, -0.2) is 16.9 Å². The number of carbonyl (C=O) groups excluding carboxylic acids is 1. The van der Waals surface area contributed by atoms with Gasteiger partial charge in [0.05, 0.1) is 0 Å². The summed E-state index contributed by atoms with van der Waals surface area (Å²) >= 11 is 0. The molecule has 106 valence electrons. The number of carbonyl (C=O) groups is 1. The third-order valence-electron chi connectivity index (χ3n) is 4.49. The number of nitrogens with zero attached hydrogens (tertiary/aromatic N) is 1. The third kappa shape index (κ3) is 1.74. The van der Waals surface area contributed by atoms with E-state index < -0.39 is 5.60 Å². The molecule has 1 aromatic carbocycles. The van der Waals surface area contributed by atoms with Crippen molar-refractivity contribution in [1.82, 2.24) is 0 Å². The van der Waals surface area contributed by atoms with Gasteiger partial charge in [-0.2, -0.15) is 0 Å². The van der Waals surface area contributed by atoms with Gasteiger partial charge in [0.1, 0.15) is 5.71 Å². The maximum atomic E-state index is 11.6. The first-order valence-corrected chi connectivity index (χ1v) is 7.20. The molecule has 1 N–H and O–H groups in total. The van der Waals surface area contributed by atoms with E-state index in [9.17, 15) is 10.0 Å². The molecule has 0 aliphatic heterocycles. The summed E-state index contributed by atoms with van der Waals surface area (Å²) in [6, 6.07) is 8.00. The monoisotopic (exact) mass is 273 g/mol. The standard InChI is InChI=1S/C16H19NO3/c1-11(18)20-16-13(12-7-5-6-9-14(12)16)8-3-2-4-10-15(16)17-19/h5-7,9,13,19H,2-4,8,10H2,1H3/b17-15-/t13-,16+/m0/s1. The lowest BCUT2D eigenvalue weighted by Gasteiger charge is -2.51. The van der Waals surface area contributed by atoms with Crippen LogP contribution in [0.15, 0.2) is 29.4 Å². The minimum Gasteiger partial charge on any atom is -0.447 e. The van der Waals surface area contributed by atoms with Crippen LogP contribution in [0.25, 0.3) is 0 Å². The van der Waals surface area contributed by atoms with Gasteiger partial charge in [0.25, 0.3) is 0 Å². The Morgan fingerprint density at radius 3 is 2.90 bits per heavy atom. The van der Waals surface area contributed by atoms with E-state index in [0.717, 1.165) is 31.2 Å². The molecule has 4 nitrogen and oxygen atoms in total. The summed E-state index contributed by atoms with van der Waals surface area (Å²) in [5.74, 6) is -0.208. The van der Waals surface area contributed by atoms with E-state index >= 15 is 0 Å². The van der Waals surface area contributed by atoms with Crippen LogP contribution in [0, 0.1) is 0 Å². The van der Waals surface area contributed by atoms with E-state index in [1.54, 1.807) is 0 Å². The van der Waals surface area contributed by atoms with E-state index in [1.807, 2.05) is 18.2 Å². The Hall–Kier alpha value is -1.84. The molecular weight excluding hydrogens is 254 g/mol. The molecule has 4 heteroatoms. The zero-order chi connectivity index (χ0) is 14.2. The van der Waals surface area contributed by atoms with Crippen molar-refractivity contribution in [3.63, 3.8) is 0 Å². The minimum absolute atomic E-state index is 0.119. The first-order valence-electron chi connectivity index (χ1n) is 7.20. The number of fused-ring (bicyclic) bond motifs is 4. The van der Waals surface area contributed by atoms with Crippen molar-refractivity contribution in [3.8, 4) is 0 Å². The fourth-order valence-corrected chi connectivity index (χ4v) is 3.72. The highest BCUT2D eigenvalue weighted by Crippen LogP contribution is 2.57. The Morgan fingerprint density at radius 2 is 2.15 bits per heavy atom. The third-order valence-corrected chi connectivity index (χ3v) is 4.49. The number of hydrogen-bond acceptors (Lipinski definition) is 4. The average molecular weight is 273 g/mol. The first kappa shape index (κ1) is 13.2. The van der Waals surface area contributed by atoms with Crippen molar-refractivity contribution in [3.05, 3.63) is 35.4 Å². The maximum Gasteiger partial charge on any atom is 0.303 e. The summed E-state index contributed by atoms with van der Waals surface area (Å²) in [5, 5.41) is 12.9. The molecule has 20 heavy (non-hydrogen) atoms. The second-order valence-corrected chi connectivity index (χ2v) is 5.62. The topological polar surface area (TPSA) is 58.9 Å². The fourth-order valence-electron chi connectivity index (χ4n) is 3.72. The molecule has 0 heterocycles. The molecule has 0 radical (unpaired) electrons. The van der Waals surface area contributed by atoms with Crippen LogP contribution in [0.5, 0.6) is 0 Å². The van der Waals surface area contributed by atoms with E-state index in [0.29, 0.717) is 12.1 Å². The smallest absolute Gasteiger partial charge is 0.303 e. The molecule has 3 rings (SSSR count). The highest BCUT2D eigenvalue weighted by Gasteiger charge is 2.58. The second-order valence-electron chi connectivity index (χ2n) is 5.62. The highest BCUT2D eigenvalue weighted by molar-refractivity contribution is 5.98. The van der Waals surface area contributed by atoms with Crippen molar-refractivity contribution >= 4 is 11.7 Å². The quantitative estimate of drug-likeness (QED) is 0.485. The highest BCUT2D eigenvalue weighted by atomic mass is 16.6. The molecule has 2 aliphatic carbocycles. The van der Waals surface area contributed by atoms with Gasteiger partial charge in [0.15, 0.2) is 5.60 Å². The predicted octanol–water partition coefficient (Wildman–Crippen LogP) is 3.34. The van der Waals surface area contributed by atoms with E-state index in [2.05, 4.69) is 11.2 Å². The van der Waals surface area contributed by atoms with Gasteiger partial charge >= 0.3 is 5.97 Å². The van der Waals surface area contributed by atoms with Gasteiger partial charge in [0.2, 0.25) is 0 Å². The molecular formula is C16H19NO3. The Morgan fingerprint density at radius 1 is 1.35 bits per heavy atom. The van der Waals surface area contributed by atoms with Gasteiger partial charge in [-0.05, 0) is 24.8 Å². The van der Waals surface area contributed by atoms with Crippen molar-refractivity contribution in [1.29, 1.82) is 0 Å². The zero-order valence-corrected chi connectivity index (χ0v) is 11.6. The van der Waals surface area contributed by atoms with Gasteiger partial charge < -0.3 is 9.94 Å². The van der Waals surface area contributed by atoms with Crippen LogP contribution in [0.1, 0.15) is 56.1 Å². The molecule has 0 unspecified atom stereocenters. The number of esters is 1. The van der Waals surface area contributed by atoms with Crippen LogP contribution in [-0.2, 0) is 15.1 Å². The van der Waals surface area contributed by atoms with Crippen LogP contribution in [0.2, 0.25) is 0 Å².